The number of aromatic nitrogens is 4. The molecule has 0 aliphatic carbocycles. The molecule has 0 saturated carbocycles. The summed E-state index contributed by atoms with van der Waals surface area (Å²) < 4.78 is 39.9. The monoisotopic (exact) mass is 483 g/mol. The third kappa shape index (κ3) is 5.19. The van der Waals surface area contributed by atoms with E-state index >= 15 is 0 Å². The zero-order chi connectivity index (χ0) is 23.8. The van der Waals surface area contributed by atoms with Crippen molar-refractivity contribution in [3.63, 3.8) is 0 Å². The van der Waals surface area contributed by atoms with Gasteiger partial charge in [0.15, 0.2) is 5.65 Å². The van der Waals surface area contributed by atoms with Crippen LogP contribution in [0.15, 0.2) is 41.6 Å². The van der Waals surface area contributed by atoms with Crippen molar-refractivity contribution >= 4 is 28.5 Å². The molecule has 1 aliphatic heterocycles. The Morgan fingerprint density at radius 1 is 1.18 bits per heavy atom. The number of hydrogen-bond donors (Lipinski definition) is 1. The Morgan fingerprint density at radius 3 is 2.48 bits per heavy atom. The summed E-state index contributed by atoms with van der Waals surface area (Å²) in [5, 5.41) is 16.0. The molecule has 12 heteroatoms. The molecule has 3 aromatic rings. The molecule has 1 N–H and O–H groups in total. The maximum absolute atomic E-state index is 13.0. The molecule has 1 amide bonds. The van der Waals surface area contributed by atoms with E-state index < -0.39 is 30.5 Å². The van der Waals surface area contributed by atoms with Crippen LogP contribution in [-0.4, -0.2) is 60.1 Å². The van der Waals surface area contributed by atoms with E-state index in [1.165, 1.54) is 26.7 Å². The van der Waals surface area contributed by atoms with E-state index in [4.69, 9.17) is 11.6 Å². The first-order chi connectivity index (χ1) is 15.5. The Balaban J connectivity index is 1.46. The molecule has 0 spiro atoms. The fourth-order valence-electron chi connectivity index (χ4n) is 3.89. The van der Waals surface area contributed by atoms with Gasteiger partial charge in [-0.2, -0.15) is 18.3 Å². The highest BCUT2D eigenvalue weighted by molar-refractivity contribution is 6.30. The zero-order valence-corrected chi connectivity index (χ0v) is 18.2. The molecule has 8 nitrogen and oxygen atoms in total. The fourth-order valence-corrected chi connectivity index (χ4v) is 4.01. The number of rotatable bonds is 5. The summed E-state index contributed by atoms with van der Waals surface area (Å²) in [5.41, 5.74) is -0.625. The second-order valence-corrected chi connectivity index (χ2v) is 8.60. The maximum atomic E-state index is 13.0. The number of halogens is 4. The highest BCUT2D eigenvalue weighted by Crippen LogP contribution is 2.26. The van der Waals surface area contributed by atoms with Crippen LogP contribution in [0.25, 0.3) is 16.7 Å². The smallest absolute Gasteiger partial charge is 0.388 e. The lowest BCUT2D eigenvalue weighted by molar-refractivity contribution is -0.151. The first-order valence-corrected chi connectivity index (χ1v) is 10.7. The van der Waals surface area contributed by atoms with Crippen molar-refractivity contribution in [1.29, 1.82) is 0 Å². The van der Waals surface area contributed by atoms with Crippen LogP contribution in [0.3, 0.4) is 0 Å². The topological polar surface area (TPSA) is 93.2 Å². The largest absolute Gasteiger partial charge is 0.389 e. The molecule has 33 heavy (non-hydrogen) atoms. The van der Waals surface area contributed by atoms with Crippen molar-refractivity contribution < 1.29 is 23.1 Å². The number of carbonyl (C=O) groups excluding carboxylic acids is 1. The predicted molar refractivity (Wildman–Crippen MR) is 114 cm³/mol. The van der Waals surface area contributed by atoms with Crippen LogP contribution in [0.4, 0.5) is 13.2 Å². The Hall–Kier alpha value is -2.92. The number of benzene rings is 1. The SMILES string of the molecule is O=C(CCC(F)(F)F)N1CCC(O)(Cn2cnc3c(cnn3-c3ccc(Cl)cc3)c2=O)CC1. The minimum absolute atomic E-state index is 0.0501. The van der Waals surface area contributed by atoms with Crippen molar-refractivity contribution in [2.45, 2.75) is 44.0 Å². The molecule has 2 aromatic heterocycles. The minimum atomic E-state index is -4.39. The van der Waals surface area contributed by atoms with Gasteiger partial charge in [0.25, 0.3) is 5.56 Å². The number of aliphatic hydroxyl groups is 1. The first kappa shape index (κ1) is 23.2. The van der Waals surface area contributed by atoms with Gasteiger partial charge in [-0.15, -0.1) is 0 Å². The second kappa shape index (κ2) is 8.79. The van der Waals surface area contributed by atoms with E-state index in [0.29, 0.717) is 16.4 Å². The Labute approximate surface area is 191 Å². The molecule has 176 valence electrons. The number of piperidine rings is 1. The number of hydrogen-bond acceptors (Lipinski definition) is 5. The number of amides is 1. The first-order valence-electron chi connectivity index (χ1n) is 10.3. The van der Waals surface area contributed by atoms with Crippen LogP contribution in [0.2, 0.25) is 5.02 Å². The molecular formula is C21H21ClF3N5O3. The standard InChI is InChI=1S/C21H21ClF3N5O3/c22-14-1-3-15(4-2-14)30-18-16(11-27-30)19(32)29(13-26-18)12-20(33)7-9-28(10-8-20)17(31)5-6-21(23,24)25/h1-4,11,13,33H,5-10,12H2. The number of carbonyl (C=O) groups is 1. The van der Waals surface area contributed by atoms with Crippen molar-refractivity contribution in [2.75, 3.05) is 13.1 Å². The van der Waals surface area contributed by atoms with E-state index in [1.807, 2.05) is 0 Å². The molecule has 1 fully saturated rings. The van der Waals surface area contributed by atoms with Gasteiger partial charge in [0.2, 0.25) is 5.91 Å². The molecule has 0 atom stereocenters. The van der Waals surface area contributed by atoms with Crippen molar-refractivity contribution in [1.82, 2.24) is 24.2 Å². The second-order valence-electron chi connectivity index (χ2n) is 8.17. The highest BCUT2D eigenvalue weighted by Gasteiger charge is 2.36. The number of likely N-dealkylation sites (tertiary alicyclic amines) is 1. The van der Waals surface area contributed by atoms with E-state index in [0.717, 1.165) is 0 Å². The Bertz CT molecular complexity index is 1210. The summed E-state index contributed by atoms with van der Waals surface area (Å²) in [5.74, 6) is -0.593. The average Bonchev–Trinajstić information content (AvgIpc) is 3.19. The molecule has 4 rings (SSSR count). The normalized spacial score (nSPS) is 16.3. The molecule has 0 bridgehead atoms. The van der Waals surface area contributed by atoms with Crippen LogP contribution in [0.1, 0.15) is 25.7 Å². The van der Waals surface area contributed by atoms with Gasteiger partial charge in [-0.1, -0.05) is 11.6 Å². The lowest BCUT2D eigenvalue weighted by atomic mass is 9.91. The van der Waals surface area contributed by atoms with Crippen LogP contribution >= 0.6 is 11.6 Å². The van der Waals surface area contributed by atoms with Crippen LogP contribution in [0, 0.1) is 0 Å². The fraction of sp³-hybridized carbons (Fsp3) is 0.429. The third-order valence-electron chi connectivity index (χ3n) is 5.76. The summed E-state index contributed by atoms with van der Waals surface area (Å²) >= 11 is 5.91. The molecular weight excluding hydrogens is 463 g/mol. The van der Waals surface area contributed by atoms with Gasteiger partial charge in [0, 0.05) is 24.5 Å². The molecule has 1 saturated heterocycles. The van der Waals surface area contributed by atoms with E-state index in [9.17, 15) is 27.9 Å². The molecule has 3 heterocycles. The van der Waals surface area contributed by atoms with Crippen LogP contribution in [-0.2, 0) is 11.3 Å². The minimum Gasteiger partial charge on any atom is -0.388 e. The van der Waals surface area contributed by atoms with Crippen molar-refractivity contribution in [2.24, 2.45) is 0 Å². The van der Waals surface area contributed by atoms with Crippen LogP contribution in [0.5, 0.6) is 0 Å². The number of nitrogens with zero attached hydrogens (tertiary/aromatic N) is 5. The average molecular weight is 484 g/mol. The summed E-state index contributed by atoms with van der Waals surface area (Å²) in [6.07, 6.45) is -3.16. The summed E-state index contributed by atoms with van der Waals surface area (Å²) in [7, 11) is 0. The Morgan fingerprint density at radius 2 is 1.85 bits per heavy atom. The molecule has 1 aliphatic rings. The molecule has 0 unspecified atom stereocenters. The predicted octanol–water partition coefficient (Wildman–Crippen LogP) is 2.93. The van der Waals surface area contributed by atoms with E-state index in [2.05, 4.69) is 10.1 Å². The highest BCUT2D eigenvalue weighted by atomic mass is 35.5. The van der Waals surface area contributed by atoms with Crippen LogP contribution < -0.4 is 5.56 Å². The van der Waals surface area contributed by atoms with Crippen molar-refractivity contribution in [3.05, 3.63) is 52.2 Å². The van der Waals surface area contributed by atoms with Gasteiger partial charge in [-0.3, -0.25) is 14.2 Å². The lowest BCUT2D eigenvalue weighted by Crippen LogP contribution is -2.49. The third-order valence-corrected chi connectivity index (χ3v) is 6.01. The van der Waals surface area contributed by atoms with Gasteiger partial charge in [0.1, 0.15) is 11.7 Å². The maximum Gasteiger partial charge on any atom is 0.389 e. The van der Waals surface area contributed by atoms with Gasteiger partial charge in [0.05, 0.1) is 30.5 Å². The van der Waals surface area contributed by atoms with Crippen molar-refractivity contribution in [3.8, 4) is 5.69 Å². The summed E-state index contributed by atoms with van der Waals surface area (Å²) in [4.78, 5) is 30.6. The zero-order valence-electron chi connectivity index (χ0n) is 17.4. The quantitative estimate of drug-likeness (QED) is 0.602. The summed E-state index contributed by atoms with van der Waals surface area (Å²) in [6.45, 7) is 0.184. The molecule has 1 aromatic carbocycles. The number of alkyl halides is 3. The lowest BCUT2D eigenvalue weighted by Gasteiger charge is -2.38. The van der Waals surface area contributed by atoms with Gasteiger partial charge < -0.3 is 10.0 Å². The molecule has 0 radical (unpaired) electrons. The van der Waals surface area contributed by atoms with Gasteiger partial charge >= 0.3 is 6.18 Å². The number of fused-ring (bicyclic) bond motifs is 1. The van der Waals surface area contributed by atoms with Gasteiger partial charge in [-0.25, -0.2) is 9.67 Å². The van der Waals surface area contributed by atoms with E-state index in [1.54, 1.807) is 24.3 Å². The van der Waals surface area contributed by atoms with E-state index in [-0.39, 0.29) is 43.4 Å². The van der Waals surface area contributed by atoms with Gasteiger partial charge in [-0.05, 0) is 37.1 Å². The summed E-state index contributed by atoms with van der Waals surface area (Å²) in [6, 6.07) is 6.88. The Kier molecular flexibility index (Phi) is 6.19.